The lowest BCUT2D eigenvalue weighted by atomic mass is 10.1. The number of carbonyl (C=O) groups excluding carboxylic acids is 1. The zero-order valence-electron chi connectivity index (χ0n) is 11.3. The van der Waals surface area contributed by atoms with Gasteiger partial charge in [0.15, 0.2) is 0 Å². The zero-order valence-corrected chi connectivity index (χ0v) is 12.1. The van der Waals surface area contributed by atoms with E-state index in [4.69, 9.17) is 5.73 Å². The van der Waals surface area contributed by atoms with Crippen molar-refractivity contribution in [3.63, 3.8) is 0 Å². The van der Waals surface area contributed by atoms with Gasteiger partial charge in [-0.15, -0.1) is 0 Å². The van der Waals surface area contributed by atoms with Gasteiger partial charge in [-0.25, -0.2) is 13.2 Å². The highest BCUT2D eigenvalue weighted by Crippen LogP contribution is 2.21. The predicted molar refractivity (Wildman–Crippen MR) is 73.7 cm³/mol. The van der Waals surface area contributed by atoms with Crippen molar-refractivity contribution in [2.45, 2.75) is 23.8 Å². The molecule has 0 aromatic heterocycles. The fourth-order valence-corrected chi connectivity index (χ4v) is 3.68. The Kier molecular flexibility index (Phi) is 4.42. The van der Waals surface area contributed by atoms with Crippen molar-refractivity contribution in [3.8, 4) is 0 Å². The van der Waals surface area contributed by atoms with E-state index in [1.807, 2.05) is 0 Å². The average Bonchev–Trinajstić information content (AvgIpc) is 2.47. The average molecular weight is 298 g/mol. The molecule has 1 aliphatic heterocycles. The molecule has 6 nitrogen and oxygen atoms in total. The number of methoxy groups -OCH3 is 1. The Morgan fingerprint density at radius 1 is 1.35 bits per heavy atom. The first kappa shape index (κ1) is 15.0. The topological polar surface area (TPSA) is 89.7 Å². The number of ether oxygens (including phenoxy) is 1. The Balaban J connectivity index is 2.28. The van der Waals surface area contributed by atoms with Crippen LogP contribution in [0.5, 0.6) is 0 Å². The third kappa shape index (κ3) is 3.00. The summed E-state index contributed by atoms with van der Waals surface area (Å²) in [5.74, 6) is -0.553. The van der Waals surface area contributed by atoms with Crippen LogP contribution in [0.25, 0.3) is 0 Å². The summed E-state index contributed by atoms with van der Waals surface area (Å²) in [5.41, 5.74) is 6.00. The molecule has 0 bridgehead atoms. The first-order valence-corrected chi connectivity index (χ1v) is 7.83. The third-order valence-corrected chi connectivity index (χ3v) is 5.29. The standard InChI is InChI=1S/C13H18N2O4S/c1-19-13(16)10-3-2-4-12(9-10)20(17,18)15-7-5-11(14)6-8-15/h2-4,9,11H,5-8,14H2,1H3. The van der Waals surface area contributed by atoms with Gasteiger partial charge in [0.05, 0.1) is 17.6 Å². The van der Waals surface area contributed by atoms with Gasteiger partial charge < -0.3 is 10.5 Å². The Morgan fingerprint density at radius 2 is 2.00 bits per heavy atom. The van der Waals surface area contributed by atoms with E-state index in [9.17, 15) is 13.2 Å². The molecule has 0 saturated carbocycles. The van der Waals surface area contributed by atoms with E-state index in [-0.39, 0.29) is 16.5 Å². The first-order valence-electron chi connectivity index (χ1n) is 6.39. The summed E-state index contributed by atoms with van der Waals surface area (Å²) in [4.78, 5) is 11.6. The molecule has 20 heavy (non-hydrogen) atoms. The maximum absolute atomic E-state index is 12.5. The Labute approximate surface area is 118 Å². The number of nitrogens with two attached hydrogens (primary N) is 1. The van der Waals surface area contributed by atoms with Crippen molar-refractivity contribution in [2.75, 3.05) is 20.2 Å². The number of hydrogen-bond donors (Lipinski definition) is 1. The van der Waals surface area contributed by atoms with Gasteiger partial charge >= 0.3 is 5.97 Å². The minimum atomic E-state index is -3.58. The maximum Gasteiger partial charge on any atom is 0.337 e. The van der Waals surface area contributed by atoms with Crippen molar-refractivity contribution in [1.29, 1.82) is 0 Å². The van der Waals surface area contributed by atoms with Gasteiger partial charge in [-0.05, 0) is 31.0 Å². The molecule has 0 aliphatic carbocycles. The van der Waals surface area contributed by atoms with Crippen LogP contribution in [0.4, 0.5) is 0 Å². The molecule has 0 atom stereocenters. The molecule has 0 amide bonds. The third-order valence-electron chi connectivity index (χ3n) is 3.39. The number of piperidine rings is 1. The van der Waals surface area contributed by atoms with Gasteiger partial charge in [-0.3, -0.25) is 0 Å². The van der Waals surface area contributed by atoms with Crippen LogP contribution in [0, 0.1) is 0 Å². The molecule has 7 heteroatoms. The van der Waals surface area contributed by atoms with E-state index < -0.39 is 16.0 Å². The smallest absolute Gasteiger partial charge is 0.337 e. The van der Waals surface area contributed by atoms with Crippen molar-refractivity contribution in [3.05, 3.63) is 29.8 Å². The van der Waals surface area contributed by atoms with E-state index in [1.165, 1.54) is 35.7 Å². The number of carbonyl (C=O) groups is 1. The lowest BCUT2D eigenvalue weighted by Crippen LogP contribution is -2.42. The maximum atomic E-state index is 12.5. The molecule has 0 spiro atoms. The van der Waals surface area contributed by atoms with Crippen LogP contribution >= 0.6 is 0 Å². The normalized spacial score (nSPS) is 17.9. The van der Waals surface area contributed by atoms with Crippen molar-refractivity contribution in [2.24, 2.45) is 5.73 Å². The van der Waals surface area contributed by atoms with Crippen LogP contribution < -0.4 is 5.73 Å². The van der Waals surface area contributed by atoms with Crippen LogP contribution in [0.3, 0.4) is 0 Å². The monoisotopic (exact) mass is 298 g/mol. The summed E-state index contributed by atoms with van der Waals surface area (Å²) in [6.45, 7) is 0.817. The predicted octanol–water partition coefficient (Wildman–Crippen LogP) is 0.585. The number of hydrogen-bond acceptors (Lipinski definition) is 5. The van der Waals surface area contributed by atoms with Crippen molar-refractivity contribution < 1.29 is 17.9 Å². The highest BCUT2D eigenvalue weighted by molar-refractivity contribution is 7.89. The van der Waals surface area contributed by atoms with E-state index in [2.05, 4.69) is 4.74 Å². The first-order chi connectivity index (χ1) is 9.45. The second-order valence-corrected chi connectivity index (χ2v) is 6.70. The second kappa shape index (κ2) is 5.90. The summed E-state index contributed by atoms with van der Waals surface area (Å²) >= 11 is 0. The van der Waals surface area contributed by atoms with Crippen LogP contribution in [0.1, 0.15) is 23.2 Å². The molecule has 1 heterocycles. The summed E-state index contributed by atoms with van der Waals surface area (Å²) in [5, 5.41) is 0. The SMILES string of the molecule is COC(=O)c1cccc(S(=O)(=O)N2CCC(N)CC2)c1. The van der Waals surface area contributed by atoms with E-state index in [0.717, 1.165) is 0 Å². The van der Waals surface area contributed by atoms with Crippen LogP contribution in [-0.2, 0) is 14.8 Å². The second-order valence-electron chi connectivity index (χ2n) is 4.76. The molecule has 0 unspecified atom stereocenters. The van der Waals surface area contributed by atoms with Crippen LogP contribution in [0.15, 0.2) is 29.2 Å². The lowest BCUT2D eigenvalue weighted by Gasteiger charge is -2.29. The summed E-state index contributed by atoms with van der Waals surface area (Å²) in [6.07, 6.45) is 1.30. The molecule has 2 N–H and O–H groups in total. The molecule has 110 valence electrons. The largest absolute Gasteiger partial charge is 0.465 e. The molecule has 1 fully saturated rings. The van der Waals surface area contributed by atoms with Gasteiger partial charge in [0.2, 0.25) is 10.0 Å². The van der Waals surface area contributed by atoms with Crippen LogP contribution in [0.2, 0.25) is 0 Å². The van der Waals surface area contributed by atoms with Crippen molar-refractivity contribution in [1.82, 2.24) is 4.31 Å². The number of nitrogens with zero attached hydrogens (tertiary/aromatic N) is 1. The van der Waals surface area contributed by atoms with Gasteiger partial charge in [0.25, 0.3) is 0 Å². The summed E-state index contributed by atoms with van der Waals surface area (Å²) < 4.78 is 31.0. The Hall–Kier alpha value is -1.44. The highest BCUT2D eigenvalue weighted by atomic mass is 32.2. The summed E-state index contributed by atoms with van der Waals surface area (Å²) in [7, 11) is -2.32. The van der Waals surface area contributed by atoms with E-state index in [0.29, 0.717) is 25.9 Å². The molecule has 1 saturated heterocycles. The molecule has 0 radical (unpaired) electrons. The molecule has 1 aromatic rings. The van der Waals surface area contributed by atoms with Gasteiger partial charge in [0.1, 0.15) is 0 Å². The lowest BCUT2D eigenvalue weighted by molar-refractivity contribution is 0.0600. The van der Waals surface area contributed by atoms with Crippen molar-refractivity contribution >= 4 is 16.0 Å². The van der Waals surface area contributed by atoms with Gasteiger partial charge in [-0.2, -0.15) is 4.31 Å². The highest BCUT2D eigenvalue weighted by Gasteiger charge is 2.28. The van der Waals surface area contributed by atoms with E-state index in [1.54, 1.807) is 0 Å². The Bertz CT molecular complexity index is 592. The minimum absolute atomic E-state index is 0.0582. The number of sulfonamides is 1. The van der Waals surface area contributed by atoms with E-state index >= 15 is 0 Å². The van der Waals surface area contributed by atoms with Gasteiger partial charge in [0, 0.05) is 19.1 Å². The molecule has 1 aliphatic rings. The quantitative estimate of drug-likeness (QED) is 0.825. The fourth-order valence-electron chi connectivity index (χ4n) is 2.17. The van der Waals surface area contributed by atoms with Crippen LogP contribution in [-0.4, -0.2) is 44.9 Å². The summed E-state index contributed by atoms with van der Waals surface area (Å²) in [6, 6.07) is 5.94. The zero-order chi connectivity index (χ0) is 14.8. The molecular formula is C13H18N2O4S. The Morgan fingerprint density at radius 3 is 2.60 bits per heavy atom. The fraction of sp³-hybridized carbons (Fsp3) is 0.462. The number of rotatable bonds is 3. The molecule has 2 rings (SSSR count). The minimum Gasteiger partial charge on any atom is -0.465 e. The molecule has 1 aromatic carbocycles. The molecular weight excluding hydrogens is 280 g/mol. The van der Waals surface area contributed by atoms with Gasteiger partial charge in [-0.1, -0.05) is 6.07 Å². The number of esters is 1. The number of benzene rings is 1.